The quantitative estimate of drug-likeness (QED) is 0.311. The average Bonchev–Trinajstić information content (AvgIpc) is 2.82. The van der Waals surface area contributed by atoms with Gasteiger partial charge in [0.25, 0.3) is 0 Å². The first-order valence-electron chi connectivity index (χ1n) is 10.4. The van der Waals surface area contributed by atoms with E-state index in [2.05, 4.69) is 34.5 Å². The molecule has 1 N–H and O–H groups in total. The summed E-state index contributed by atoms with van der Waals surface area (Å²) in [6.07, 6.45) is 0.969. The van der Waals surface area contributed by atoms with Crippen molar-refractivity contribution in [3.63, 3.8) is 0 Å². The lowest BCUT2D eigenvalue weighted by atomic mass is 10.0. The van der Waals surface area contributed by atoms with Crippen LogP contribution in [0.5, 0.6) is 0 Å². The highest BCUT2D eigenvalue weighted by Gasteiger charge is 2.20. The van der Waals surface area contributed by atoms with E-state index in [0.29, 0.717) is 16.7 Å². The number of carbonyl (C=O) groups is 1. The van der Waals surface area contributed by atoms with Gasteiger partial charge in [-0.1, -0.05) is 71.9 Å². The van der Waals surface area contributed by atoms with E-state index in [1.165, 1.54) is 22.9 Å². The Balaban J connectivity index is 1.37. The fraction of sp³-hybridized carbons (Fsp3) is 0.160. The maximum absolute atomic E-state index is 12.5. The molecular weight excluding hydrogens is 440 g/mol. The lowest BCUT2D eigenvalue weighted by Gasteiger charge is -2.29. The van der Waals surface area contributed by atoms with Gasteiger partial charge >= 0.3 is 0 Å². The minimum absolute atomic E-state index is 0.103. The smallest absolute Gasteiger partial charge is 0.234 e. The second-order valence-electron chi connectivity index (χ2n) is 7.63. The molecule has 0 saturated heterocycles. The molecule has 5 nitrogen and oxygen atoms in total. The summed E-state index contributed by atoms with van der Waals surface area (Å²) in [6.45, 7) is 1.66. The Kier molecular flexibility index (Phi) is 5.97. The molecule has 0 spiro atoms. The van der Waals surface area contributed by atoms with Crippen LogP contribution in [0.15, 0.2) is 77.8 Å². The molecule has 1 aliphatic heterocycles. The van der Waals surface area contributed by atoms with Gasteiger partial charge in [-0.05, 0) is 41.8 Å². The number of fused-ring (bicyclic) bond motifs is 2. The molecule has 0 aliphatic carbocycles. The minimum atomic E-state index is -0.103. The Hall–Kier alpha value is -3.09. The first-order valence-corrected chi connectivity index (χ1v) is 11.8. The number of aromatic nitrogens is 2. The van der Waals surface area contributed by atoms with Crippen molar-refractivity contribution in [3.05, 3.63) is 88.9 Å². The number of nitrogens with one attached hydrogen (secondary N) is 1. The van der Waals surface area contributed by atoms with Crippen LogP contribution >= 0.6 is 23.4 Å². The van der Waals surface area contributed by atoms with Crippen LogP contribution in [0.25, 0.3) is 10.9 Å². The first-order chi connectivity index (χ1) is 15.7. The SMILES string of the molecule is O=C(CSc1nc(N2CCc3ccccc3C2)nc2ccccc12)Nc1cccc(Cl)c1. The largest absolute Gasteiger partial charge is 0.336 e. The van der Waals surface area contributed by atoms with Crippen LogP contribution in [0.1, 0.15) is 11.1 Å². The number of hydrogen-bond acceptors (Lipinski definition) is 5. The summed E-state index contributed by atoms with van der Waals surface area (Å²) in [5, 5.41) is 5.24. The van der Waals surface area contributed by atoms with Crippen molar-refractivity contribution in [2.24, 2.45) is 0 Å². The van der Waals surface area contributed by atoms with Crippen LogP contribution in [0, 0.1) is 0 Å². The molecule has 32 heavy (non-hydrogen) atoms. The van der Waals surface area contributed by atoms with E-state index in [1.54, 1.807) is 12.1 Å². The third kappa shape index (κ3) is 4.56. The maximum Gasteiger partial charge on any atom is 0.234 e. The number of benzene rings is 3. The second-order valence-corrected chi connectivity index (χ2v) is 9.03. The monoisotopic (exact) mass is 460 g/mol. The van der Waals surface area contributed by atoms with Crippen LogP contribution in [0.4, 0.5) is 11.6 Å². The van der Waals surface area contributed by atoms with Crippen molar-refractivity contribution in [3.8, 4) is 0 Å². The van der Waals surface area contributed by atoms with Gasteiger partial charge in [0.15, 0.2) is 0 Å². The van der Waals surface area contributed by atoms with Crippen LogP contribution in [-0.2, 0) is 17.8 Å². The lowest BCUT2D eigenvalue weighted by molar-refractivity contribution is -0.113. The Labute approximate surface area is 195 Å². The molecule has 5 rings (SSSR count). The van der Waals surface area contributed by atoms with E-state index in [1.807, 2.05) is 36.4 Å². The van der Waals surface area contributed by atoms with Gasteiger partial charge < -0.3 is 10.2 Å². The number of hydrogen-bond donors (Lipinski definition) is 1. The summed E-state index contributed by atoms with van der Waals surface area (Å²) in [5.41, 5.74) is 4.26. The number of thioether (sulfide) groups is 1. The second kappa shape index (κ2) is 9.18. The summed E-state index contributed by atoms with van der Waals surface area (Å²) in [5.74, 6) is 0.847. The fourth-order valence-electron chi connectivity index (χ4n) is 3.85. The molecule has 0 unspecified atom stereocenters. The molecule has 4 aromatic rings. The third-order valence-electron chi connectivity index (χ3n) is 5.42. The summed E-state index contributed by atoms with van der Waals surface area (Å²) in [4.78, 5) is 24.4. The number of rotatable bonds is 5. The lowest BCUT2D eigenvalue weighted by Crippen LogP contribution is -2.31. The topological polar surface area (TPSA) is 58.1 Å². The number of anilines is 2. The number of amides is 1. The third-order valence-corrected chi connectivity index (χ3v) is 6.64. The number of halogens is 1. The van der Waals surface area contributed by atoms with Gasteiger partial charge in [0.1, 0.15) is 5.03 Å². The maximum atomic E-state index is 12.5. The van der Waals surface area contributed by atoms with E-state index in [9.17, 15) is 4.79 Å². The molecule has 0 atom stereocenters. The Morgan fingerprint density at radius 2 is 1.81 bits per heavy atom. The van der Waals surface area contributed by atoms with Gasteiger partial charge in [0.05, 0.1) is 11.3 Å². The van der Waals surface area contributed by atoms with Gasteiger partial charge in [0, 0.05) is 29.2 Å². The van der Waals surface area contributed by atoms with Gasteiger partial charge in [-0.2, -0.15) is 0 Å². The van der Waals surface area contributed by atoms with E-state index in [-0.39, 0.29) is 11.7 Å². The zero-order valence-electron chi connectivity index (χ0n) is 17.3. The zero-order chi connectivity index (χ0) is 21.9. The molecule has 0 fully saturated rings. The summed E-state index contributed by atoms with van der Waals surface area (Å²) >= 11 is 7.43. The van der Waals surface area contributed by atoms with E-state index in [0.717, 1.165) is 35.4 Å². The molecule has 1 aromatic heterocycles. The van der Waals surface area contributed by atoms with Crippen molar-refractivity contribution >= 4 is 51.8 Å². The van der Waals surface area contributed by atoms with Crippen LogP contribution in [0.3, 0.4) is 0 Å². The molecule has 0 bridgehead atoms. The first kappa shape index (κ1) is 20.8. The minimum Gasteiger partial charge on any atom is -0.336 e. The zero-order valence-corrected chi connectivity index (χ0v) is 18.9. The Bertz CT molecular complexity index is 1300. The van der Waals surface area contributed by atoms with Crippen molar-refractivity contribution in [1.82, 2.24) is 9.97 Å². The fourth-order valence-corrected chi connectivity index (χ4v) is 4.86. The van der Waals surface area contributed by atoms with Gasteiger partial charge in [-0.3, -0.25) is 4.79 Å². The van der Waals surface area contributed by atoms with Gasteiger partial charge in [0.2, 0.25) is 11.9 Å². The van der Waals surface area contributed by atoms with Crippen LogP contribution in [0.2, 0.25) is 5.02 Å². The Morgan fingerprint density at radius 3 is 2.69 bits per heavy atom. The molecule has 0 radical (unpaired) electrons. The molecule has 1 aliphatic rings. The number of para-hydroxylation sites is 1. The summed E-state index contributed by atoms with van der Waals surface area (Å²) in [6, 6.07) is 23.6. The summed E-state index contributed by atoms with van der Waals surface area (Å²) < 4.78 is 0. The molecule has 3 aromatic carbocycles. The standard InChI is InChI=1S/C25H21ClN4OS/c26-19-8-5-9-20(14-19)27-23(31)16-32-24-21-10-3-4-11-22(21)28-25(29-24)30-13-12-17-6-1-2-7-18(17)15-30/h1-11,14H,12-13,15-16H2,(H,27,31). The van der Waals surface area contributed by atoms with E-state index in [4.69, 9.17) is 21.6 Å². The molecule has 2 heterocycles. The van der Waals surface area contributed by atoms with E-state index < -0.39 is 0 Å². The highest BCUT2D eigenvalue weighted by molar-refractivity contribution is 8.00. The molecule has 7 heteroatoms. The normalized spacial score (nSPS) is 13.1. The molecular formula is C25H21ClN4OS. The van der Waals surface area contributed by atoms with E-state index >= 15 is 0 Å². The van der Waals surface area contributed by atoms with Gasteiger partial charge in [-0.15, -0.1) is 0 Å². The predicted molar refractivity (Wildman–Crippen MR) is 132 cm³/mol. The van der Waals surface area contributed by atoms with Crippen molar-refractivity contribution in [2.75, 3.05) is 22.5 Å². The van der Waals surface area contributed by atoms with Crippen molar-refractivity contribution in [1.29, 1.82) is 0 Å². The van der Waals surface area contributed by atoms with Crippen LogP contribution in [-0.4, -0.2) is 28.2 Å². The number of nitrogens with zero attached hydrogens (tertiary/aromatic N) is 3. The summed E-state index contributed by atoms with van der Waals surface area (Å²) in [7, 11) is 0. The van der Waals surface area contributed by atoms with Crippen molar-refractivity contribution < 1.29 is 4.79 Å². The Morgan fingerprint density at radius 1 is 1.00 bits per heavy atom. The molecule has 160 valence electrons. The highest BCUT2D eigenvalue weighted by Crippen LogP contribution is 2.30. The molecule has 0 saturated carbocycles. The van der Waals surface area contributed by atoms with Gasteiger partial charge in [-0.25, -0.2) is 9.97 Å². The predicted octanol–water partition coefficient (Wildman–Crippen LogP) is 5.58. The average molecular weight is 461 g/mol. The highest BCUT2D eigenvalue weighted by atomic mass is 35.5. The number of carbonyl (C=O) groups excluding carboxylic acids is 1. The molecule has 1 amide bonds. The van der Waals surface area contributed by atoms with Crippen molar-refractivity contribution in [2.45, 2.75) is 18.0 Å². The van der Waals surface area contributed by atoms with Crippen LogP contribution < -0.4 is 10.2 Å².